The second-order valence-electron chi connectivity index (χ2n) is 9.88. The number of carbonyl (C=O) groups excluding carboxylic acids is 3. The van der Waals surface area contributed by atoms with Gasteiger partial charge in [-0.25, -0.2) is 4.90 Å². The molecule has 0 aromatic heterocycles. The van der Waals surface area contributed by atoms with E-state index >= 15 is 0 Å². The third kappa shape index (κ3) is 2.86. The maximum absolute atomic E-state index is 13.8. The van der Waals surface area contributed by atoms with E-state index in [9.17, 15) is 14.4 Å². The zero-order valence-corrected chi connectivity index (χ0v) is 19.0. The number of amides is 2. The van der Waals surface area contributed by atoms with Crippen molar-refractivity contribution >= 4 is 35.1 Å². The van der Waals surface area contributed by atoms with E-state index in [1.807, 2.05) is 18.2 Å². The summed E-state index contributed by atoms with van der Waals surface area (Å²) >= 11 is 6.11. The average molecular weight is 453 g/mol. The Balaban J connectivity index is 1.66. The van der Waals surface area contributed by atoms with Gasteiger partial charge in [-0.15, -0.1) is 0 Å². The molecule has 0 aliphatic carbocycles. The minimum absolute atomic E-state index is 0.293. The first-order chi connectivity index (χ1) is 15.1. The Hall–Kier alpha value is -2.70. The smallest absolute Gasteiger partial charge is 0.327 e. The number of benzene rings is 2. The molecule has 5 rings (SSSR count). The molecule has 2 bridgehead atoms. The number of hydrogen-bond acceptors (Lipinski definition) is 5. The molecule has 7 heteroatoms. The number of hydrogen-bond donors (Lipinski definition) is 1. The zero-order valence-electron chi connectivity index (χ0n) is 18.2. The molecule has 2 amide bonds. The highest BCUT2D eigenvalue weighted by molar-refractivity contribution is 6.30. The summed E-state index contributed by atoms with van der Waals surface area (Å²) in [6, 6.07) is 16.2. The second-order valence-corrected chi connectivity index (χ2v) is 10.3. The second kappa shape index (κ2) is 6.90. The van der Waals surface area contributed by atoms with E-state index < -0.39 is 34.5 Å². The topological polar surface area (TPSA) is 75.7 Å². The third-order valence-electron chi connectivity index (χ3n) is 6.86. The van der Waals surface area contributed by atoms with Gasteiger partial charge in [0, 0.05) is 5.02 Å². The Morgan fingerprint density at radius 1 is 1.00 bits per heavy atom. The Morgan fingerprint density at radius 2 is 1.62 bits per heavy atom. The van der Waals surface area contributed by atoms with Gasteiger partial charge in [0.15, 0.2) is 0 Å². The summed E-state index contributed by atoms with van der Waals surface area (Å²) in [6.45, 7) is 5.40. The molecule has 0 saturated carbocycles. The fourth-order valence-corrected chi connectivity index (χ4v) is 5.80. The van der Waals surface area contributed by atoms with Gasteiger partial charge >= 0.3 is 5.97 Å². The maximum atomic E-state index is 13.8. The first-order valence-electron chi connectivity index (χ1n) is 10.8. The van der Waals surface area contributed by atoms with Crippen LogP contribution in [0.4, 0.5) is 5.69 Å². The molecule has 2 aromatic rings. The Labute approximate surface area is 191 Å². The van der Waals surface area contributed by atoms with Crippen LogP contribution in [0.3, 0.4) is 0 Å². The molecule has 0 spiro atoms. The maximum Gasteiger partial charge on any atom is 0.327 e. The lowest BCUT2D eigenvalue weighted by Gasteiger charge is -2.34. The van der Waals surface area contributed by atoms with Crippen molar-refractivity contribution in [3.63, 3.8) is 0 Å². The highest BCUT2D eigenvalue weighted by Gasteiger charge is 2.77. The van der Waals surface area contributed by atoms with Gasteiger partial charge in [-0.3, -0.25) is 19.7 Å². The highest BCUT2D eigenvalue weighted by Crippen LogP contribution is 2.61. The monoisotopic (exact) mass is 452 g/mol. The molecule has 0 unspecified atom stereocenters. The van der Waals surface area contributed by atoms with Crippen LogP contribution in [0.25, 0.3) is 0 Å². The fourth-order valence-electron chi connectivity index (χ4n) is 5.67. The van der Waals surface area contributed by atoms with Crippen LogP contribution in [0.15, 0.2) is 54.6 Å². The normalized spacial score (nSPS) is 31.2. The van der Waals surface area contributed by atoms with Crippen molar-refractivity contribution in [3.05, 3.63) is 65.2 Å². The van der Waals surface area contributed by atoms with E-state index in [1.165, 1.54) is 4.90 Å². The Kier molecular flexibility index (Phi) is 4.56. The summed E-state index contributed by atoms with van der Waals surface area (Å²) in [5.74, 6) is -2.68. The quantitative estimate of drug-likeness (QED) is 0.566. The van der Waals surface area contributed by atoms with Gasteiger partial charge in [-0.05, 0) is 63.4 Å². The number of halogens is 1. The van der Waals surface area contributed by atoms with Gasteiger partial charge in [0.1, 0.15) is 11.1 Å². The first kappa shape index (κ1) is 21.2. The molecular formula is C25H25ClN2O4. The predicted molar refractivity (Wildman–Crippen MR) is 120 cm³/mol. The van der Waals surface area contributed by atoms with Crippen LogP contribution in [0.5, 0.6) is 0 Å². The van der Waals surface area contributed by atoms with Crippen molar-refractivity contribution in [2.75, 3.05) is 4.90 Å². The summed E-state index contributed by atoms with van der Waals surface area (Å²) in [4.78, 5) is 42.3. The van der Waals surface area contributed by atoms with Crippen molar-refractivity contribution in [1.29, 1.82) is 0 Å². The number of para-hydroxylation sites is 1. The van der Waals surface area contributed by atoms with E-state index in [0.29, 0.717) is 23.6 Å². The lowest BCUT2D eigenvalue weighted by Crippen LogP contribution is -2.56. The summed E-state index contributed by atoms with van der Waals surface area (Å²) in [5.41, 5.74) is -1.46. The number of imide groups is 1. The van der Waals surface area contributed by atoms with Crippen molar-refractivity contribution in [3.8, 4) is 0 Å². The number of nitrogens with one attached hydrogen (secondary N) is 1. The number of nitrogens with zero attached hydrogens (tertiary/aromatic N) is 1. The number of fused-ring (bicyclic) bond motifs is 5. The largest absolute Gasteiger partial charge is 0.459 e. The van der Waals surface area contributed by atoms with E-state index in [2.05, 4.69) is 5.32 Å². The first-order valence-corrected chi connectivity index (χ1v) is 11.2. The molecule has 166 valence electrons. The van der Waals surface area contributed by atoms with Crippen LogP contribution in [0.2, 0.25) is 5.02 Å². The van der Waals surface area contributed by atoms with Gasteiger partial charge < -0.3 is 4.74 Å². The molecule has 3 saturated heterocycles. The van der Waals surface area contributed by atoms with E-state index in [4.69, 9.17) is 16.3 Å². The Morgan fingerprint density at radius 3 is 2.25 bits per heavy atom. The summed E-state index contributed by atoms with van der Waals surface area (Å²) < 4.78 is 5.77. The molecule has 2 aromatic carbocycles. The van der Waals surface area contributed by atoms with Crippen LogP contribution >= 0.6 is 11.6 Å². The lowest BCUT2D eigenvalue weighted by atomic mass is 9.65. The Bertz CT molecular complexity index is 1110. The predicted octanol–water partition coefficient (Wildman–Crippen LogP) is 3.82. The van der Waals surface area contributed by atoms with Crippen molar-refractivity contribution in [2.45, 2.75) is 50.3 Å². The van der Waals surface area contributed by atoms with Crippen molar-refractivity contribution in [2.24, 2.45) is 11.8 Å². The lowest BCUT2D eigenvalue weighted by molar-refractivity contribution is -0.165. The number of ether oxygens (including phenoxy) is 1. The van der Waals surface area contributed by atoms with Crippen LogP contribution in [-0.2, 0) is 24.7 Å². The van der Waals surface area contributed by atoms with Gasteiger partial charge in [0.25, 0.3) is 0 Å². The van der Waals surface area contributed by atoms with Crippen LogP contribution < -0.4 is 10.2 Å². The van der Waals surface area contributed by atoms with E-state index in [0.717, 1.165) is 5.56 Å². The van der Waals surface area contributed by atoms with Gasteiger partial charge in [0.05, 0.1) is 23.1 Å². The number of rotatable bonds is 3. The third-order valence-corrected chi connectivity index (χ3v) is 7.12. The molecule has 3 aliphatic heterocycles. The SMILES string of the molecule is CC(C)(C)OC(=O)[C@@]12CC[C@@](c3ccc(Cl)cc3)(N1)[C@H]1C(=O)N(c3ccccc3)C(=O)[C@H]12. The highest BCUT2D eigenvalue weighted by atomic mass is 35.5. The van der Waals surface area contributed by atoms with E-state index in [-0.39, 0.29) is 11.8 Å². The van der Waals surface area contributed by atoms with Gasteiger partial charge in [-0.1, -0.05) is 41.9 Å². The average Bonchev–Trinajstić information content (AvgIpc) is 3.36. The summed E-state index contributed by atoms with van der Waals surface area (Å²) in [5, 5.41) is 4.04. The molecular weight excluding hydrogens is 428 g/mol. The molecule has 3 aliphatic rings. The van der Waals surface area contributed by atoms with Crippen LogP contribution in [0.1, 0.15) is 39.2 Å². The summed E-state index contributed by atoms with van der Waals surface area (Å²) in [7, 11) is 0. The minimum Gasteiger partial charge on any atom is -0.459 e. The standard InChI is InChI=1S/C25H25ClN2O4/c1-23(2,3)32-22(31)25-14-13-24(27-25,15-9-11-16(26)12-10-15)18-19(25)21(30)28(20(18)29)17-7-5-4-6-8-17/h4-12,18-19,27H,13-14H2,1-3H3/t18-,19+,24+,25+/m1/s1. The molecule has 3 heterocycles. The molecule has 0 radical (unpaired) electrons. The van der Waals surface area contributed by atoms with Gasteiger partial charge in [-0.2, -0.15) is 0 Å². The van der Waals surface area contributed by atoms with Gasteiger partial charge in [0.2, 0.25) is 11.8 Å². The molecule has 3 fully saturated rings. The number of carbonyl (C=O) groups is 3. The van der Waals surface area contributed by atoms with Crippen molar-refractivity contribution in [1.82, 2.24) is 5.32 Å². The van der Waals surface area contributed by atoms with Crippen LogP contribution in [-0.4, -0.2) is 28.9 Å². The number of esters is 1. The van der Waals surface area contributed by atoms with Crippen molar-refractivity contribution < 1.29 is 19.1 Å². The minimum atomic E-state index is -1.26. The van der Waals surface area contributed by atoms with E-state index in [1.54, 1.807) is 57.2 Å². The molecule has 32 heavy (non-hydrogen) atoms. The fraction of sp³-hybridized carbons (Fsp3) is 0.400. The molecule has 1 N–H and O–H groups in total. The number of anilines is 1. The zero-order chi connectivity index (χ0) is 22.9. The molecule has 6 nitrogen and oxygen atoms in total. The summed E-state index contributed by atoms with van der Waals surface area (Å²) in [6.07, 6.45) is 0.948. The molecule has 4 atom stereocenters. The van der Waals surface area contributed by atoms with Crippen LogP contribution in [0, 0.1) is 11.8 Å².